The Hall–Kier alpha value is -2.20. The maximum absolute atomic E-state index is 11.7. The van der Waals surface area contributed by atoms with Gasteiger partial charge in [0.25, 0.3) is 0 Å². The van der Waals surface area contributed by atoms with E-state index in [4.69, 9.17) is 10.5 Å². The fourth-order valence-electron chi connectivity index (χ4n) is 1.66. The predicted molar refractivity (Wildman–Crippen MR) is 72.2 cm³/mol. The van der Waals surface area contributed by atoms with Gasteiger partial charge in [-0.2, -0.15) is 0 Å². The molecule has 0 bridgehead atoms. The SMILES string of the molecule is N[C@H](Cc1ccccn1)C(=O)OCc1ccccc1. The number of aromatic nitrogens is 1. The molecule has 2 aromatic rings. The average Bonchev–Trinajstić information content (AvgIpc) is 2.47. The van der Waals surface area contributed by atoms with E-state index < -0.39 is 12.0 Å². The number of nitrogens with two attached hydrogens (primary N) is 1. The number of carbonyl (C=O) groups is 1. The van der Waals surface area contributed by atoms with Gasteiger partial charge in [-0.3, -0.25) is 9.78 Å². The zero-order valence-electron chi connectivity index (χ0n) is 10.5. The van der Waals surface area contributed by atoms with Gasteiger partial charge in [-0.25, -0.2) is 0 Å². The largest absolute Gasteiger partial charge is 0.460 e. The van der Waals surface area contributed by atoms with Crippen LogP contribution < -0.4 is 5.73 Å². The molecule has 4 heteroatoms. The van der Waals surface area contributed by atoms with E-state index >= 15 is 0 Å². The van der Waals surface area contributed by atoms with Crippen LogP contribution >= 0.6 is 0 Å². The number of carbonyl (C=O) groups excluding carboxylic acids is 1. The van der Waals surface area contributed by atoms with Crippen LogP contribution in [0.25, 0.3) is 0 Å². The van der Waals surface area contributed by atoms with Crippen molar-refractivity contribution in [1.29, 1.82) is 0 Å². The highest BCUT2D eigenvalue weighted by molar-refractivity contribution is 5.75. The van der Waals surface area contributed by atoms with Gasteiger partial charge in [-0.1, -0.05) is 36.4 Å². The van der Waals surface area contributed by atoms with Crippen LogP contribution in [0.4, 0.5) is 0 Å². The Balaban J connectivity index is 1.83. The van der Waals surface area contributed by atoms with Gasteiger partial charge in [0, 0.05) is 18.3 Å². The molecule has 98 valence electrons. The number of esters is 1. The number of pyridine rings is 1. The van der Waals surface area contributed by atoms with Gasteiger partial charge >= 0.3 is 5.97 Å². The summed E-state index contributed by atoms with van der Waals surface area (Å²) in [5, 5.41) is 0. The smallest absolute Gasteiger partial charge is 0.323 e. The van der Waals surface area contributed by atoms with Crippen molar-refractivity contribution in [2.24, 2.45) is 5.73 Å². The lowest BCUT2D eigenvalue weighted by Crippen LogP contribution is -2.34. The van der Waals surface area contributed by atoms with E-state index in [2.05, 4.69) is 4.98 Å². The van der Waals surface area contributed by atoms with Gasteiger partial charge in [0.2, 0.25) is 0 Å². The van der Waals surface area contributed by atoms with Gasteiger partial charge in [0.15, 0.2) is 0 Å². The van der Waals surface area contributed by atoms with Crippen LogP contribution in [-0.4, -0.2) is 17.0 Å². The van der Waals surface area contributed by atoms with Crippen molar-refractivity contribution in [1.82, 2.24) is 4.98 Å². The highest BCUT2D eigenvalue weighted by atomic mass is 16.5. The highest BCUT2D eigenvalue weighted by Crippen LogP contribution is 2.04. The number of nitrogens with zero attached hydrogens (tertiary/aromatic N) is 1. The molecule has 0 spiro atoms. The summed E-state index contributed by atoms with van der Waals surface area (Å²) in [6, 6.07) is 14.4. The van der Waals surface area contributed by atoms with Crippen molar-refractivity contribution >= 4 is 5.97 Å². The summed E-state index contributed by atoms with van der Waals surface area (Å²) < 4.78 is 5.17. The quantitative estimate of drug-likeness (QED) is 0.827. The van der Waals surface area contributed by atoms with Crippen molar-refractivity contribution in [3.8, 4) is 0 Å². The van der Waals surface area contributed by atoms with E-state index in [0.717, 1.165) is 11.3 Å². The van der Waals surface area contributed by atoms with Crippen molar-refractivity contribution in [2.45, 2.75) is 19.1 Å². The maximum Gasteiger partial charge on any atom is 0.323 e. The summed E-state index contributed by atoms with van der Waals surface area (Å²) in [6.07, 6.45) is 2.06. The van der Waals surface area contributed by atoms with Gasteiger partial charge in [0.1, 0.15) is 12.6 Å². The Morgan fingerprint density at radius 1 is 1.16 bits per heavy atom. The van der Waals surface area contributed by atoms with Gasteiger partial charge < -0.3 is 10.5 Å². The molecule has 2 rings (SSSR count). The van der Waals surface area contributed by atoms with Crippen molar-refractivity contribution in [2.75, 3.05) is 0 Å². The molecule has 0 saturated heterocycles. The van der Waals surface area contributed by atoms with Crippen molar-refractivity contribution in [3.05, 3.63) is 66.0 Å². The number of rotatable bonds is 5. The fourth-order valence-corrected chi connectivity index (χ4v) is 1.66. The minimum absolute atomic E-state index is 0.246. The van der Waals surface area contributed by atoms with E-state index in [-0.39, 0.29) is 6.61 Å². The van der Waals surface area contributed by atoms with Gasteiger partial charge in [0.05, 0.1) is 0 Å². The standard InChI is InChI=1S/C15H16N2O2/c16-14(10-13-8-4-5-9-17-13)15(18)19-11-12-6-2-1-3-7-12/h1-9,14H,10-11,16H2/t14-/m1/s1. The molecular weight excluding hydrogens is 240 g/mol. The summed E-state index contributed by atoms with van der Waals surface area (Å²) in [6.45, 7) is 0.246. The Morgan fingerprint density at radius 2 is 1.89 bits per heavy atom. The third-order valence-electron chi connectivity index (χ3n) is 2.68. The van der Waals surface area contributed by atoms with E-state index in [1.165, 1.54) is 0 Å². The molecule has 1 atom stereocenters. The van der Waals surface area contributed by atoms with E-state index in [1.807, 2.05) is 48.5 Å². The van der Waals surface area contributed by atoms with Gasteiger partial charge in [-0.05, 0) is 17.7 Å². The Kier molecular flexibility index (Phi) is 4.64. The molecule has 0 aliphatic carbocycles. The molecule has 1 aromatic heterocycles. The molecular formula is C15H16N2O2. The van der Waals surface area contributed by atoms with Gasteiger partial charge in [-0.15, -0.1) is 0 Å². The number of ether oxygens (including phenoxy) is 1. The van der Waals surface area contributed by atoms with E-state index in [9.17, 15) is 4.79 Å². The first-order valence-corrected chi connectivity index (χ1v) is 6.12. The maximum atomic E-state index is 11.7. The lowest BCUT2D eigenvalue weighted by atomic mass is 10.1. The van der Waals surface area contributed by atoms with Crippen LogP contribution in [0.2, 0.25) is 0 Å². The first-order valence-electron chi connectivity index (χ1n) is 6.12. The molecule has 0 aliphatic heterocycles. The summed E-state index contributed by atoms with van der Waals surface area (Å²) in [5.74, 6) is -0.408. The summed E-state index contributed by atoms with van der Waals surface area (Å²) in [7, 11) is 0. The Bertz CT molecular complexity index is 514. The minimum atomic E-state index is -0.682. The van der Waals surface area contributed by atoms with Crippen LogP contribution in [0.15, 0.2) is 54.7 Å². The Labute approximate surface area is 112 Å². The van der Waals surface area contributed by atoms with Crippen LogP contribution in [0.5, 0.6) is 0 Å². The predicted octanol–water partition coefficient (Wildman–Crippen LogP) is 1.69. The number of hydrogen-bond donors (Lipinski definition) is 1. The second-order valence-corrected chi connectivity index (χ2v) is 4.23. The molecule has 0 unspecified atom stereocenters. The third-order valence-corrected chi connectivity index (χ3v) is 2.68. The Morgan fingerprint density at radius 3 is 2.58 bits per heavy atom. The summed E-state index contributed by atoms with van der Waals surface area (Å²) in [5.41, 5.74) is 7.53. The third kappa shape index (κ3) is 4.19. The lowest BCUT2D eigenvalue weighted by Gasteiger charge is -2.11. The van der Waals surface area contributed by atoms with Crippen LogP contribution in [0.1, 0.15) is 11.3 Å². The lowest BCUT2D eigenvalue weighted by molar-refractivity contribution is -0.146. The van der Waals surface area contributed by atoms with E-state index in [0.29, 0.717) is 6.42 Å². The second kappa shape index (κ2) is 6.66. The highest BCUT2D eigenvalue weighted by Gasteiger charge is 2.16. The number of benzene rings is 1. The topological polar surface area (TPSA) is 65.2 Å². The molecule has 1 aromatic carbocycles. The molecule has 1 heterocycles. The zero-order chi connectivity index (χ0) is 13.5. The second-order valence-electron chi connectivity index (χ2n) is 4.23. The average molecular weight is 256 g/mol. The molecule has 4 nitrogen and oxygen atoms in total. The monoisotopic (exact) mass is 256 g/mol. The summed E-state index contributed by atoms with van der Waals surface area (Å²) >= 11 is 0. The number of hydrogen-bond acceptors (Lipinski definition) is 4. The first kappa shape index (κ1) is 13.2. The van der Waals surface area contributed by atoms with Crippen LogP contribution in [0.3, 0.4) is 0 Å². The normalized spacial score (nSPS) is 11.8. The summed E-state index contributed by atoms with van der Waals surface area (Å²) in [4.78, 5) is 15.9. The zero-order valence-corrected chi connectivity index (χ0v) is 10.5. The first-order chi connectivity index (χ1) is 9.25. The van der Waals surface area contributed by atoms with Crippen LogP contribution in [-0.2, 0) is 22.6 Å². The molecule has 0 saturated carbocycles. The van der Waals surface area contributed by atoms with E-state index in [1.54, 1.807) is 6.20 Å². The fraction of sp³-hybridized carbons (Fsp3) is 0.200. The van der Waals surface area contributed by atoms with Crippen molar-refractivity contribution in [3.63, 3.8) is 0 Å². The minimum Gasteiger partial charge on any atom is -0.460 e. The molecule has 0 radical (unpaired) electrons. The molecule has 0 amide bonds. The molecule has 0 aliphatic rings. The molecule has 2 N–H and O–H groups in total. The molecule has 0 fully saturated rings. The molecule has 19 heavy (non-hydrogen) atoms. The van der Waals surface area contributed by atoms with Crippen molar-refractivity contribution < 1.29 is 9.53 Å². The van der Waals surface area contributed by atoms with Crippen LogP contribution in [0, 0.1) is 0 Å².